The Labute approximate surface area is 244 Å². The third-order valence-electron chi connectivity index (χ3n) is 7.79. The third-order valence-corrected chi connectivity index (χ3v) is 9.58. The van der Waals surface area contributed by atoms with Crippen LogP contribution in [-0.4, -0.2) is 58.6 Å². The smallest absolute Gasteiger partial charge is 0.269 e. The number of hydrogen-bond acceptors (Lipinski definition) is 7. The topological polar surface area (TPSA) is 139 Å². The molecule has 220 valence electrons. The molecule has 2 heterocycles. The molecule has 0 bridgehead atoms. The summed E-state index contributed by atoms with van der Waals surface area (Å²) in [5.74, 6) is -2.35. The third kappa shape index (κ3) is 5.46. The summed E-state index contributed by atoms with van der Waals surface area (Å²) in [6.45, 7) is 2.26. The van der Waals surface area contributed by atoms with Gasteiger partial charge in [0.1, 0.15) is 17.5 Å². The van der Waals surface area contributed by atoms with Crippen molar-refractivity contribution in [1.82, 2.24) is 19.4 Å². The van der Waals surface area contributed by atoms with Crippen molar-refractivity contribution < 1.29 is 27.6 Å². The first-order chi connectivity index (χ1) is 20.0. The highest BCUT2D eigenvalue weighted by molar-refractivity contribution is 7.90. The quantitative estimate of drug-likeness (QED) is 0.397. The van der Waals surface area contributed by atoms with E-state index in [-0.39, 0.29) is 28.0 Å². The molecule has 1 aliphatic carbocycles. The van der Waals surface area contributed by atoms with E-state index in [1.54, 1.807) is 44.4 Å². The van der Waals surface area contributed by atoms with Crippen LogP contribution in [0.3, 0.4) is 0 Å². The van der Waals surface area contributed by atoms with Crippen LogP contribution in [0.15, 0.2) is 59.6 Å². The van der Waals surface area contributed by atoms with Gasteiger partial charge in [-0.3, -0.25) is 28.8 Å². The summed E-state index contributed by atoms with van der Waals surface area (Å²) in [4.78, 5) is 54.9. The maximum atomic E-state index is 14.3. The van der Waals surface area contributed by atoms with Gasteiger partial charge in [-0.05, 0) is 51.0 Å². The fraction of sp³-hybridized carbons (Fsp3) is 0.367. The number of aryl methyl sites for hydroxylation is 2. The van der Waals surface area contributed by atoms with Crippen molar-refractivity contribution in [1.29, 1.82) is 0 Å². The number of anilines is 1. The first kappa shape index (κ1) is 29.2. The van der Waals surface area contributed by atoms with Crippen molar-refractivity contribution in [3.05, 3.63) is 77.1 Å². The van der Waals surface area contributed by atoms with Crippen LogP contribution < -0.4 is 10.2 Å². The van der Waals surface area contributed by atoms with E-state index in [4.69, 9.17) is 0 Å². The molecule has 3 aromatic rings. The number of fused-ring (bicyclic) bond motifs is 1. The molecule has 0 spiro atoms. The molecular weight excluding hydrogens is 558 g/mol. The minimum atomic E-state index is -4.30. The van der Waals surface area contributed by atoms with Crippen molar-refractivity contribution in [3.8, 4) is 0 Å². The second-order valence-electron chi connectivity index (χ2n) is 10.8. The molecule has 5 rings (SSSR count). The van der Waals surface area contributed by atoms with Gasteiger partial charge in [0.2, 0.25) is 11.8 Å². The number of rotatable bonds is 8. The Morgan fingerprint density at radius 3 is 2.43 bits per heavy atom. The number of carbonyl (C=O) groups excluding carboxylic acids is 4. The second-order valence-corrected chi connectivity index (χ2v) is 12.6. The van der Waals surface area contributed by atoms with E-state index in [1.165, 1.54) is 40.8 Å². The predicted octanol–water partition coefficient (Wildman–Crippen LogP) is 3.30. The fourth-order valence-electron chi connectivity index (χ4n) is 5.71. The van der Waals surface area contributed by atoms with Gasteiger partial charge in [-0.15, -0.1) is 0 Å². The van der Waals surface area contributed by atoms with Crippen molar-refractivity contribution >= 4 is 39.2 Å². The Hall–Kier alpha value is -4.32. The molecule has 12 heteroatoms. The van der Waals surface area contributed by atoms with E-state index < -0.39 is 40.3 Å². The van der Waals surface area contributed by atoms with Gasteiger partial charge < -0.3 is 5.32 Å². The lowest BCUT2D eigenvalue weighted by Crippen LogP contribution is -2.50. The van der Waals surface area contributed by atoms with E-state index >= 15 is 0 Å². The molecule has 2 aliphatic rings. The molecule has 1 aromatic heterocycles. The molecule has 0 saturated heterocycles. The van der Waals surface area contributed by atoms with Gasteiger partial charge in [0, 0.05) is 36.1 Å². The Kier molecular flexibility index (Phi) is 8.00. The zero-order valence-electron chi connectivity index (χ0n) is 23.7. The van der Waals surface area contributed by atoms with Crippen LogP contribution in [0.4, 0.5) is 5.69 Å². The molecule has 11 nitrogen and oxygen atoms in total. The van der Waals surface area contributed by atoms with Gasteiger partial charge in [0.05, 0.1) is 11.3 Å². The number of nitrogens with one attached hydrogen (secondary N) is 1. The average Bonchev–Trinajstić information content (AvgIpc) is 3.39. The van der Waals surface area contributed by atoms with Gasteiger partial charge in [0.15, 0.2) is 5.78 Å². The molecular formula is C30H33N5O6S. The van der Waals surface area contributed by atoms with Crippen LogP contribution in [-0.2, 0) is 26.7 Å². The molecule has 2 aromatic carbocycles. The Bertz CT molecular complexity index is 1670. The van der Waals surface area contributed by atoms with Crippen LogP contribution in [0.2, 0.25) is 0 Å². The molecule has 0 radical (unpaired) electrons. The number of carbonyl (C=O) groups is 4. The second kappa shape index (κ2) is 11.5. The highest BCUT2D eigenvalue weighted by Gasteiger charge is 2.44. The number of Topliss-reactive ketones (excluding diaryl/α,β-unsaturated/α-hetero) is 1. The van der Waals surface area contributed by atoms with Crippen molar-refractivity contribution in [2.75, 3.05) is 11.4 Å². The summed E-state index contributed by atoms with van der Waals surface area (Å²) in [7, 11) is -2.60. The van der Waals surface area contributed by atoms with E-state index in [0.29, 0.717) is 21.1 Å². The zero-order valence-corrected chi connectivity index (χ0v) is 24.6. The highest BCUT2D eigenvalue weighted by atomic mass is 32.2. The number of ketones is 1. The maximum absolute atomic E-state index is 14.3. The Balaban J connectivity index is 1.61. The lowest BCUT2D eigenvalue weighted by molar-refractivity contribution is -0.127. The zero-order chi connectivity index (χ0) is 30.2. The maximum Gasteiger partial charge on any atom is 0.269 e. The SMILES string of the molecule is CC(=O)c1cccc(N(C(=O)CN2C(=O)c3ccccc3S2(=O)=O)[C@H](C(=O)NC2CCCCC2)c2cn(C)nc2C)c1. The van der Waals surface area contributed by atoms with Gasteiger partial charge in [-0.25, -0.2) is 12.7 Å². The van der Waals surface area contributed by atoms with Crippen LogP contribution in [0.5, 0.6) is 0 Å². The monoisotopic (exact) mass is 591 g/mol. The summed E-state index contributed by atoms with van der Waals surface area (Å²) in [5.41, 5.74) is 1.42. The van der Waals surface area contributed by atoms with E-state index in [1.807, 2.05) is 0 Å². The lowest BCUT2D eigenvalue weighted by Gasteiger charge is -2.34. The van der Waals surface area contributed by atoms with E-state index in [2.05, 4.69) is 10.4 Å². The number of hydrogen-bond donors (Lipinski definition) is 1. The summed E-state index contributed by atoms with van der Waals surface area (Å²) < 4.78 is 28.7. The predicted molar refractivity (Wildman–Crippen MR) is 154 cm³/mol. The number of aromatic nitrogens is 2. The number of benzene rings is 2. The van der Waals surface area contributed by atoms with Crippen LogP contribution in [0, 0.1) is 6.92 Å². The van der Waals surface area contributed by atoms with Crippen molar-refractivity contribution in [2.24, 2.45) is 7.05 Å². The summed E-state index contributed by atoms with van der Waals surface area (Å²) in [6.07, 6.45) is 6.28. The standard InChI is InChI=1S/C30H33N5O6S/c1-19-25(17-33(3)32-19)28(29(38)31-22-11-5-4-6-12-22)35(23-13-9-10-21(16-23)20(2)36)27(37)18-34-30(39)24-14-7-8-15-26(24)42(34,40)41/h7-10,13-17,22,28H,4-6,11-12,18H2,1-3H3,(H,31,38)/t28-/m0/s1. The minimum Gasteiger partial charge on any atom is -0.351 e. The number of nitrogens with zero attached hydrogens (tertiary/aromatic N) is 4. The Morgan fingerprint density at radius 2 is 1.79 bits per heavy atom. The number of sulfonamides is 1. The normalized spacial score (nSPS) is 17.0. The molecule has 1 N–H and O–H groups in total. The minimum absolute atomic E-state index is 0.0230. The number of amides is 3. The van der Waals surface area contributed by atoms with E-state index in [9.17, 15) is 27.6 Å². The average molecular weight is 592 g/mol. The highest BCUT2D eigenvalue weighted by Crippen LogP contribution is 2.34. The largest absolute Gasteiger partial charge is 0.351 e. The van der Waals surface area contributed by atoms with Gasteiger partial charge >= 0.3 is 0 Å². The summed E-state index contributed by atoms with van der Waals surface area (Å²) in [6, 6.07) is 10.7. The Morgan fingerprint density at radius 1 is 1.07 bits per heavy atom. The molecule has 0 unspecified atom stereocenters. The summed E-state index contributed by atoms with van der Waals surface area (Å²) >= 11 is 0. The van der Waals surface area contributed by atoms with Crippen LogP contribution >= 0.6 is 0 Å². The molecule has 3 amide bonds. The van der Waals surface area contributed by atoms with Crippen molar-refractivity contribution in [3.63, 3.8) is 0 Å². The van der Waals surface area contributed by atoms with Crippen molar-refractivity contribution in [2.45, 2.75) is 62.9 Å². The van der Waals surface area contributed by atoms with Gasteiger partial charge in [-0.2, -0.15) is 5.10 Å². The van der Waals surface area contributed by atoms with Crippen LogP contribution in [0.25, 0.3) is 0 Å². The van der Waals surface area contributed by atoms with E-state index in [0.717, 1.165) is 32.1 Å². The molecule has 1 aliphatic heterocycles. The first-order valence-corrected chi connectivity index (χ1v) is 15.3. The van der Waals surface area contributed by atoms with Gasteiger partial charge in [0.25, 0.3) is 15.9 Å². The van der Waals surface area contributed by atoms with Gasteiger partial charge in [-0.1, -0.05) is 43.5 Å². The molecule has 1 fully saturated rings. The first-order valence-electron chi connectivity index (χ1n) is 13.9. The molecule has 1 saturated carbocycles. The lowest BCUT2D eigenvalue weighted by atomic mass is 9.94. The fourth-order valence-corrected chi connectivity index (χ4v) is 7.23. The molecule has 42 heavy (non-hydrogen) atoms. The summed E-state index contributed by atoms with van der Waals surface area (Å²) in [5, 5.41) is 7.49. The molecule has 1 atom stereocenters. The van der Waals surface area contributed by atoms with Crippen LogP contribution in [0.1, 0.15) is 77.0 Å².